The third kappa shape index (κ3) is 6.13. The lowest BCUT2D eigenvalue weighted by Gasteiger charge is -2.39. The molecule has 22 heavy (non-hydrogen) atoms. The molecule has 1 saturated carbocycles. The number of hydrogen-bond donors (Lipinski definition) is 3. The van der Waals surface area contributed by atoms with Crippen molar-refractivity contribution in [2.24, 2.45) is 0 Å². The Balaban J connectivity index is 1.57. The van der Waals surface area contributed by atoms with E-state index in [2.05, 4.69) is 22.9 Å². The van der Waals surface area contributed by atoms with Gasteiger partial charge in [0.05, 0.1) is 0 Å². The second kappa shape index (κ2) is 7.64. The van der Waals surface area contributed by atoms with E-state index in [-0.39, 0.29) is 12.1 Å². The summed E-state index contributed by atoms with van der Waals surface area (Å²) >= 11 is 0. The van der Waals surface area contributed by atoms with Gasteiger partial charge >= 0.3 is 6.09 Å². The van der Waals surface area contributed by atoms with Crippen molar-refractivity contribution >= 4 is 6.09 Å². The van der Waals surface area contributed by atoms with Gasteiger partial charge in [0.15, 0.2) is 0 Å². The molecule has 5 nitrogen and oxygen atoms in total. The van der Waals surface area contributed by atoms with Gasteiger partial charge in [0.1, 0.15) is 5.60 Å². The molecular weight excluding hydrogens is 278 g/mol. The molecule has 3 N–H and O–H groups in total. The van der Waals surface area contributed by atoms with E-state index in [1.165, 1.54) is 32.2 Å². The van der Waals surface area contributed by atoms with Crippen molar-refractivity contribution < 1.29 is 9.53 Å². The molecule has 0 radical (unpaired) electrons. The first-order chi connectivity index (χ1) is 10.3. The molecule has 0 spiro atoms. The zero-order valence-electron chi connectivity index (χ0n) is 14.6. The van der Waals surface area contributed by atoms with Crippen LogP contribution >= 0.6 is 0 Å². The summed E-state index contributed by atoms with van der Waals surface area (Å²) in [5, 5.41) is 10.2. The Hall–Kier alpha value is -0.810. The molecule has 1 saturated heterocycles. The highest BCUT2D eigenvalue weighted by atomic mass is 16.6. The van der Waals surface area contributed by atoms with Gasteiger partial charge in [0, 0.05) is 24.2 Å². The number of alkyl carbamates (subject to hydrolysis) is 1. The molecule has 1 amide bonds. The fourth-order valence-corrected chi connectivity index (χ4v) is 3.37. The zero-order chi connectivity index (χ0) is 16.2. The molecule has 2 aliphatic rings. The number of amides is 1. The Morgan fingerprint density at radius 2 is 2.00 bits per heavy atom. The first-order valence-electron chi connectivity index (χ1n) is 8.81. The third-order valence-electron chi connectivity index (χ3n) is 4.43. The Morgan fingerprint density at radius 3 is 2.59 bits per heavy atom. The molecule has 0 aromatic heterocycles. The quantitative estimate of drug-likeness (QED) is 0.730. The highest BCUT2D eigenvalue weighted by Gasteiger charge is 2.32. The van der Waals surface area contributed by atoms with Crippen molar-refractivity contribution in [1.82, 2.24) is 16.0 Å². The summed E-state index contributed by atoms with van der Waals surface area (Å²) in [5.41, 5.74) is -0.424. The van der Waals surface area contributed by atoms with E-state index < -0.39 is 5.60 Å². The van der Waals surface area contributed by atoms with Gasteiger partial charge in [-0.3, -0.25) is 0 Å². The monoisotopic (exact) mass is 311 g/mol. The van der Waals surface area contributed by atoms with Crippen LogP contribution in [0, 0.1) is 0 Å². The summed E-state index contributed by atoms with van der Waals surface area (Å²) in [4.78, 5) is 11.7. The predicted octanol–water partition coefficient (Wildman–Crippen LogP) is 2.55. The van der Waals surface area contributed by atoms with Crippen LogP contribution in [0.15, 0.2) is 0 Å². The van der Waals surface area contributed by atoms with E-state index in [4.69, 9.17) is 4.74 Å². The minimum absolute atomic E-state index is 0.257. The molecule has 2 fully saturated rings. The van der Waals surface area contributed by atoms with E-state index in [0.29, 0.717) is 18.1 Å². The van der Waals surface area contributed by atoms with Gasteiger partial charge in [0.25, 0.3) is 0 Å². The van der Waals surface area contributed by atoms with Crippen LogP contribution in [0.5, 0.6) is 0 Å². The van der Waals surface area contributed by atoms with Crippen LogP contribution in [-0.2, 0) is 4.74 Å². The number of hydrogen-bond acceptors (Lipinski definition) is 4. The summed E-state index contributed by atoms with van der Waals surface area (Å²) in [6.45, 7) is 9.10. The lowest BCUT2D eigenvalue weighted by Crippen LogP contribution is -2.55. The lowest BCUT2D eigenvalue weighted by atomic mass is 9.86. The summed E-state index contributed by atoms with van der Waals surface area (Å²) in [6, 6.07) is 1.99. The van der Waals surface area contributed by atoms with Crippen LogP contribution < -0.4 is 16.0 Å². The molecule has 5 heteroatoms. The van der Waals surface area contributed by atoms with Gasteiger partial charge in [0.2, 0.25) is 0 Å². The number of piperidine rings is 1. The van der Waals surface area contributed by atoms with Gasteiger partial charge in [-0.2, -0.15) is 0 Å². The van der Waals surface area contributed by atoms with Crippen molar-refractivity contribution in [2.75, 3.05) is 6.54 Å². The van der Waals surface area contributed by atoms with E-state index >= 15 is 0 Å². The van der Waals surface area contributed by atoms with Crippen molar-refractivity contribution in [2.45, 2.75) is 96.0 Å². The zero-order valence-corrected chi connectivity index (χ0v) is 14.6. The summed E-state index contributed by atoms with van der Waals surface area (Å²) in [5.74, 6) is 0. The van der Waals surface area contributed by atoms with Gasteiger partial charge in [-0.05, 0) is 66.3 Å². The van der Waals surface area contributed by atoms with Crippen LogP contribution in [0.25, 0.3) is 0 Å². The maximum Gasteiger partial charge on any atom is 0.407 e. The highest BCUT2D eigenvalue weighted by Crippen LogP contribution is 2.22. The third-order valence-corrected chi connectivity index (χ3v) is 4.43. The predicted molar refractivity (Wildman–Crippen MR) is 89.0 cm³/mol. The number of rotatable bonds is 5. The Morgan fingerprint density at radius 1 is 1.27 bits per heavy atom. The van der Waals surface area contributed by atoms with Crippen LogP contribution in [0.4, 0.5) is 4.79 Å². The number of nitrogens with one attached hydrogen (secondary N) is 3. The molecule has 1 aliphatic carbocycles. The standard InChI is InChI=1S/C17H33N3O2/c1-12(9-13-7-5-6-8-18-13)19-14-10-15(11-14)20-16(21)22-17(2,3)4/h12-15,18-19H,5-11H2,1-4H3,(H,20,21). The Kier molecular flexibility index (Phi) is 6.09. The van der Waals surface area contributed by atoms with Gasteiger partial charge < -0.3 is 20.7 Å². The molecule has 1 aliphatic heterocycles. The van der Waals surface area contributed by atoms with Crippen molar-refractivity contribution in [1.29, 1.82) is 0 Å². The van der Waals surface area contributed by atoms with E-state index in [1.54, 1.807) is 0 Å². The SMILES string of the molecule is CC(CC1CCCCN1)NC1CC(NC(=O)OC(C)(C)C)C1. The maximum absolute atomic E-state index is 11.7. The largest absolute Gasteiger partial charge is 0.444 e. The molecule has 0 bridgehead atoms. The summed E-state index contributed by atoms with van der Waals surface area (Å²) in [6.07, 6.45) is 6.88. The van der Waals surface area contributed by atoms with Crippen molar-refractivity contribution in [3.63, 3.8) is 0 Å². The first-order valence-corrected chi connectivity index (χ1v) is 8.81. The molecule has 0 aromatic rings. The van der Waals surface area contributed by atoms with Crippen molar-refractivity contribution in [3.8, 4) is 0 Å². The van der Waals surface area contributed by atoms with Gasteiger partial charge in [-0.25, -0.2) is 4.79 Å². The minimum Gasteiger partial charge on any atom is -0.444 e. The average molecular weight is 311 g/mol. The lowest BCUT2D eigenvalue weighted by molar-refractivity contribution is 0.0463. The first kappa shape index (κ1) is 17.5. The average Bonchev–Trinajstić information content (AvgIpc) is 2.35. The second-order valence-corrected chi connectivity index (χ2v) is 7.96. The Bertz CT molecular complexity index is 355. The summed E-state index contributed by atoms with van der Waals surface area (Å²) in [7, 11) is 0. The van der Waals surface area contributed by atoms with Crippen LogP contribution in [0.3, 0.4) is 0 Å². The molecule has 1 heterocycles. The van der Waals surface area contributed by atoms with E-state index in [0.717, 1.165) is 12.8 Å². The molecule has 2 atom stereocenters. The molecular formula is C17H33N3O2. The fourth-order valence-electron chi connectivity index (χ4n) is 3.37. The van der Waals surface area contributed by atoms with Crippen LogP contribution in [0.2, 0.25) is 0 Å². The maximum atomic E-state index is 11.7. The molecule has 0 aromatic carbocycles. The fraction of sp³-hybridized carbons (Fsp3) is 0.941. The number of carbonyl (C=O) groups is 1. The van der Waals surface area contributed by atoms with Gasteiger partial charge in [-0.1, -0.05) is 6.42 Å². The van der Waals surface area contributed by atoms with E-state index in [9.17, 15) is 4.79 Å². The van der Waals surface area contributed by atoms with E-state index in [1.807, 2.05) is 20.8 Å². The Labute approximate surface area is 134 Å². The van der Waals surface area contributed by atoms with Crippen LogP contribution in [-0.4, -0.2) is 42.4 Å². The second-order valence-electron chi connectivity index (χ2n) is 7.96. The molecule has 2 rings (SSSR count). The molecule has 2 unspecified atom stereocenters. The normalized spacial score (nSPS) is 30.3. The number of carbonyl (C=O) groups excluding carboxylic acids is 1. The van der Waals surface area contributed by atoms with Gasteiger partial charge in [-0.15, -0.1) is 0 Å². The van der Waals surface area contributed by atoms with Crippen LogP contribution in [0.1, 0.15) is 66.2 Å². The smallest absolute Gasteiger partial charge is 0.407 e. The minimum atomic E-state index is -0.424. The topological polar surface area (TPSA) is 62.4 Å². The molecule has 128 valence electrons. The number of ether oxygens (including phenoxy) is 1. The highest BCUT2D eigenvalue weighted by molar-refractivity contribution is 5.68. The summed E-state index contributed by atoms with van der Waals surface area (Å²) < 4.78 is 5.28. The van der Waals surface area contributed by atoms with Crippen molar-refractivity contribution in [3.05, 3.63) is 0 Å².